The van der Waals surface area contributed by atoms with Gasteiger partial charge in [0.1, 0.15) is 6.04 Å². The van der Waals surface area contributed by atoms with Crippen molar-refractivity contribution in [3.8, 4) is 0 Å². The topological polar surface area (TPSA) is 49.4 Å². The molecule has 2 amide bonds. The first kappa shape index (κ1) is 18.1. The molecule has 6 heteroatoms. The fourth-order valence-corrected chi connectivity index (χ4v) is 3.27. The zero-order valence-corrected chi connectivity index (χ0v) is 15.2. The molecule has 2 rings (SSSR count). The van der Waals surface area contributed by atoms with Crippen LogP contribution in [0.25, 0.3) is 0 Å². The fraction of sp³-hybridized carbons (Fsp3) is 0.529. The summed E-state index contributed by atoms with van der Waals surface area (Å²) in [5.74, 6) is -0.164. The summed E-state index contributed by atoms with van der Waals surface area (Å²) >= 11 is 11.9. The SMILES string of the molecule is CC(C)(C)CC(=O)N1CCCC1C(=O)Nc1cc(Cl)cc(Cl)c1. The highest BCUT2D eigenvalue weighted by Gasteiger charge is 2.35. The van der Waals surface area contributed by atoms with Gasteiger partial charge in [0, 0.05) is 28.7 Å². The van der Waals surface area contributed by atoms with Gasteiger partial charge in [-0.05, 0) is 36.5 Å². The van der Waals surface area contributed by atoms with Crippen molar-refractivity contribution >= 4 is 40.7 Å². The number of nitrogens with one attached hydrogen (secondary N) is 1. The van der Waals surface area contributed by atoms with Crippen molar-refractivity contribution in [2.24, 2.45) is 5.41 Å². The summed E-state index contributed by atoms with van der Waals surface area (Å²) in [6.45, 7) is 6.68. The molecule has 1 atom stereocenters. The Morgan fingerprint density at radius 3 is 2.39 bits per heavy atom. The number of carbonyl (C=O) groups is 2. The maximum absolute atomic E-state index is 12.5. The molecule has 1 saturated heterocycles. The van der Waals surface area contributed by atoms with Crippen LogP contribution in [0.5, 0.6) is 0 Å². The van der Waals surface area contributed by atoms with Gasteiger partial charge in [-0.3, -0.25) is 9.59 Å². The Morgan fingerprint density at radius 2 is 1.83 bits per heavy atom. The van der Waals surface area contributed by atoms with E-state index in [2.05, 4.69) is 5.32 Å². The first-order valence-corrected chi connectivity index (χ1v) is 8.48. The molecule has 4 nitrogen and oxygen atoms in total. The minimum atomic E-state index is -0.428. The molecule has 0 aromatic heterocycles. The third kappa shape index (κ3) is 5.11. The second-order valence-electron chi connectivity index (χ2n) is 7.13. The lowest BCUT2D eigenvalue weighted by Crippen LogP contribution is -2.44. The van der Waals surface area contributed by atoms with Crippen molar-refractivity contribution in [3.05, 3.63) is 28.2 Å². The van der Waals surface area contributed by atoms with Crippen LogP contribution >= 0.6 is 23.2 Å². The van der Waals surface area contributed by atoms with Crippen LogP contribution in [0.2, 0.25) is 10.0 Å². The lowest BCUT2D eigenvalue weighted by Gasteiger charge is -2.27. The summed E-state index contributed by atoms with van der Waals surface area (Å²) in [6.07, 6.45) is 1.94. The van der Waals surface area contributed by atoms with Gasteiger partial charge >= 0.3 is 0 Å². The number of halogens is 2. The fourth-order valence-electron chi connectivity index (χ4n) is 2.74. The molecular formula is C17H22Cl2N2O2. The Bertz CT molecular complexity index is 591. The van der Waals surface area contributed by atoms with Gasteiger partial charge in [0.05, 0.1) is 0 Å². The van der Waals surface area contributed by atoms with E-state index in [4.69, 9.17) is 23.2 Å². The Kier molecular flexibility index (Phi) is 5.58. The van der Waals surface area contributed by atoms with Gasteiger partial charge in [-0.15, -0.1) is 0 Å². The highest BCUT2D eigenvalue weighted by atomic mass is 35.5. The van der Waals surface area contributed by atoms with E-state index in [9.17, 15) is 9.59 Å². The van der Waals surface area contributed by atoms with Crippen LogP contribution < -0.4 is 5.32 Å². The maximum atomic E-state index is 12.5. The van der Waals surface area contributed by atoms with Crippen LogP contribution in [-0.4, -0.2) is 29.3 Å². The second-order valence-corrected chi connectivity index (χ2v) is 8.00. The van der Waals surface area contributed by atoms with E-state index < -0.39 is 6.04 Å². The lowest BCUT2D eigenvalue weighted by atomic mass is 9.91. The molecule has 1 unspecified atom stereocenters. The van der Waals surface area contributed by atoms with Gasteiger partial charge < -0.3 is 10.2 Å². The quantitative estimate of drug-likeness (QED) is 0.874. The lowest BCUT2D eigenvalue weighted by molar-refractivity contribution is -0.138. The number of anilines is 1. The monoisotopic (exact) mass is 356 g/mol. The van der Waals surface area contributed by atoms with Crippen molar-refractivity contribution in [1.82, 2.24) is 4.90 Å². The summed E-state index contributed by atoms with van der Waals surface area (Å²) in [7, 11) is 0. The molecule has 0 bridgehead atoms. The predicted octanol–water partition coefficient (Wildman–Crippen LogP) is 4.36. The van der Waals surface area contributed by atoms with Crippen molar-refractivity contribution in [2.45, 2.75) is 46.1 Å². The third-order valence-corrected chi connectivity index (χ3v) is 4.12. The van der Waals surface area contributed by atoms with Crippen LogP contribution in [0.1, 0.15) is 40.0 Å². The largest absolute Gasteiger partial charge is 0.331 e. The molecule has 1 aliphatic heterocycles. The highest BCUT2D eigenvalue weighted by Crippen LogP contribution is 2.27. The predicted molar refractivity (Wildman–Crippen MR) is 93.9 cm³/mol. The van der Waals surface area contributed by atoms with Gasteiger partial charge in [0.25, 0.3) is 0 Å². The van der Waals surface area contributed by atoms with Crippen molar-refractivity contribution in [1.29, 1.82) is 0 Å². The minimum absolute atomic E-state index is 0.0271. The number of hydrogen-bond donors (Lipinski definition) is 1. The minimum Gasteiger partial charge on any atom is -0.331 e. The van der Waals surface area contributed by atoms with Crippen LogP contribution in [-0.2, 0) is 9.59 Å². The van der Waals surface area contributed by atoms with E-state index in [1.807, 2.05) is 20.8 Å². The molecule has 126 valence electrons. The summed E-state index contributed by atoms with van der Waals surface area (Å²) in [6, 6.07) is 4.46. The second kappa shape index (κ2) is 7.10. The Morgan fingerprint density at radius 1 is 1.22 bits per heavy atom. The number of carbonyl (C=O) groups excluding carboxylic acids is 2. The van der Waals surface area contributed by atoms with Gasteiger partial charge in [-0.2, -0.15) is 0 Å². The van der Waals surface area contributed by atoms with Crippen LogP contribution in [0.3, 0.4) is 0 Å². The van der Waals surface area contributed by atoms with Crippen molar-refractivity contribution in [2.75, 3.05) is 11.9 Å². The van der Waals surface area contributed by atoms with Crippen molar-refractivity contribution < 1.29 is 9.59 Å². The van der Waals surface area contributed by atoms with Gasteiger partial charge in [0.15, 0.2) is 0 Å². The van der Waals surface area contributed by atoms with Gasteiger partial charge in [-0.1, -0.05) is 44.0 Å². The molecule has 23 heavy (non-hydrogen) atoms. The van der Waals surface area contributed by atoms with E-state index in [1.54, 1.807) is 23.1 Å². The van der Waals surface area contributed by atoms with E-state index in [0.717, 1.165) is 6.42 Å². The van der Waals surface area contributed by atoms with Gasteiger partial charge in [-0.25, -0.2) is 0 Å². The van der Waals surface area contributed by atoms with Crippen molar-refractivity contribution in [3.63, 3.8) is 0 Å². The molecule has 1 aromatic rings. The number of nitrogens with zero attached hydrogens (tertiary/aromatic N) is 1. The smallest absolute Gasteiger partial charge is 0.247 e. The Labute approximate surface area is 147 Å². The maximum Gasteiger partial charge on any atom is 0.247 e. The molecule has 0 radical (unpaired) electrons. The zero-order chi connectivity index (χ0) is 17.2. The van der Waals surface area contributed by atoms with E-state index >= 15 is 0 Å². The first-order chi connectivity index (χ1) is 10.7. The number of likely N-dealkylation sites (tertiary alicyclic amines) is 1. The average molecular weight is 357 g/mol. The standard InChI is InChI=1S/C17H22Cl2N2O2/c1-17(2,3)10-15(22)21-6-4-5-14(21)16(23)20-13-8-11(18)7-12(19)9-13/h7-9,14H,4-6,10H2,1-3H3,(H,20,23). The highest BCUT2D eigenvalue weighted by molar-refractivity contribution is 6.35. The first-order valence-electron chi connectivity index (χ1n) is 7.72. The number of rotatable bonds is 3. The zero-order valence-electron chi connectivity index (χ0n) is 13.7. The van der Waals surface area contributed by atoms with Gasteiger partial charge in [0.2, 0.25) is 11.8 Å². The Balaban J connectivity index is 2.07. The molecular weight excluding hydrogens is 335 g/mol. The molecule has 1 heterocycles. The summed E-state index contributed by atoms with van der Waals surface area (Å²) in [4.78, 5) is 26.7. The molecule has 0 saturated carbocycles. The third-order valence-electron chi connectivity index (χ3n) is 3.69. The summed E-state index contributed by atoms with van der Waals surface area (Å²) < 4.78 is 0. The van der Waals surface area contributed by atoms with E-state index in [1.165, 1.54) is 0 Å². The number of benzene rings is 1. The molecule has 1 aliphatic rings. The Hall–Kier alpha value is -1.26. The van der Waals surface area contributed by atoms with Crippen LogP contribution in [0, 0.1) is 5.41 Å². The number of hydrogen-bond acceptors (Lipinski definition) is 2. The molecule has 1 aromatic carbocycles. The molecule has 1 fully saturated rings. The van der Waals surface area contributed by atoms with E-state index in [-0.39, 0.29) is 17.2 Å². The summed E-state index contributed by atoms with van der Waals surface area (Å²) in [5.41, 5.74) is 0.448. The molecule has 0 spiro atoms. The normalized spacial score (nSPS) is 18.1. The number of amides is 2. The van der Waals surface area contributed by atoms with Crippen LogP contribution in [0.4, 0.5) is 5.69 Å². The molecule has 0 aliphatic carbocycles. The van der Waals surface area contributed by atoms with Crippen LogP contribution in [0.15, 0.2) is 18.2 Å². The average Bonchev–Trinajstić information content (AvgIpc) is 2.84. The molecule has 1 N–H and O–H groups in total. The summed E-state index contributed by atoms with van der Waals surface area (Å²) in [5, 5.41) is 3.73. The van der Waals surface area contributed by atoms with E-state index in [0.29, 0.717) is 35.1 Å².